The van der Waals surface area contributed by atoms with Crippen molar-refractivity contribution in [2.45, 2.75) is 51.1 Å². The van der Waals surface area contributed by atoms with Crippen molar-refractivity contribution in [3.63, 3.8) is 0 Å². The first-order valence-corrected chi connectivity index (χ1v) is 9.61. The van der Waals surface area contributed by atoms with Crippen LogP contribution in [0.2, 0.25) is 0 Å². The molecule has 6 nitrogen and oxygen atoms in total. The second-order valence-electron chi connectivity index (χ2n) is 6.35. The van der Waals surface area contributed by atoms with Gasteiger partial charge in [-0.2, -0.15) is 12.7 Å². The molecular weight excluding hydrogens is 288 g/mol. The van der Waals surface area contributed by atoms with Crippen LogP contribution >= 0.6 is 0 Å². The van der Waals surface area contributed by atoms with Crippen LogP contribution in [0.3, 0.4) is 0 Å². The van der Waals surface area contributed by atoms with E-state index in [1.807, 2.05) is 0 Å². The maximum atomic E-state index is 12.2. The maximum absolute atomic E-state index is 12.2. The standard InChI is InChI=1S/C14H30N4O2S/c1-13(18-10-3-4-11-18)12-16-21(19,20)17(2)9-5-8-15-14-6-7-14/h13-16H,3-12H2,1-2H3. The van der Waals surface area contributed by atoms with Gasteiger partial charge in [-0.15, -0.1) is 0 Å². The van der Waals surface area contributed by atoms with Gasteiger partial charge in [0.25, 0.3) is 10.2 Å². The van der Waals surface area contributed by atoms with Crippen molar-refractivity contribution in [3.05, 3.63) is 0 Å². The van der Waals surface area contributed by atoms with Crippen LogP contribution in [0.15, 0.2) is 0 Å². The van der Waals surface area contributed by atoms with Gasteiger partial charge in [-0.3, -0.25) is 4.90 Å². The Labute approximate surface area is 129 Å². The highest BCUT2D eigenvalue weighted by Gasteiger charge is 2.23. The summed E-state index contributed by atoms with van der Waals surface area (Å²) in [6, 6.07) is 0.957. The summed E-state index contributed by atoms with van der Waals surface area (Å²) < 4.78 is 28.5. The molecule has 2 N–H and O–H groups in total. The molecule has 1 saturated carbocycles. The van der Waals surface area contributed by atoms with Crippen molar-refractivity contribution in [1.29, 1.82) is 0 Å². The second-order valence-corrected chi connectivity index (χ2v) is 8.21. The topological polar surface area (TPSA) is 64.7 Å². The fraction of sp³-hybridized carbons (Fsp3) is 1.00. The summed E-state index contributed by atoms with van der Waals surface area (Å²) in [4.78, 5) is 2.35. The zero-order valence-corrected chi connectivity index (χ0v) is 14.2. The van der Waals surface area contributed by atoms with Gasteiger partial charge in [0.2, 0.25) is 0 Å². The molecule has 0 radical (unpaired) electrons. The van der Waals surface area contributed by atoms with Gasteiger partial charge in [-0.05, 0) is 58.7 Å². The number of likely N-dealkylation sites (tertiary alicyclic amines) is 1. The Bertz CT molecular complexity index is 405. The van der Waals surface area contributed by atoms with Crippen LogP contribution in [0.25, 0.3) is 0 Å². The Morgan fingerprint density at radius 3 is 2.57 bits per heavy atom. The van der Waals surface area contributed by atoms with Crippen LogP contribution in [0, 0.1) is 0 Å². The molecule has 0 aromatic carbocycles. The second kappa shape index (κ2) is 7.87. The predicted molar refractivity (Wildman–Crippen MR) is 85.5 cm³/mol. The average Bonchev–Trinajstić information content (AvgIpc) is 3.11. The molecule has 7 heteroatoms. The molecule has 1 saturated heterocycles. The van der Waals surface area contributed by atoms with Gasteiger partial charge in [0, 0.05) is 32.2 Å². The highest BCUT2D eigenvalue weighted by Crippen LogP contribution is 2.18. The van der Waals surface area contributed by atoms with Crippen molar-refractivity contribution in [1.82, 2.24) is 19.2 Å². The van der Waals surface area contributed by atoms with Crippen molar-refractivity contribution in [3.8, 4) is 0 Å². The monoisotopic (exact) mass is 318 g/mol. The molecule has 2 rings (SSSR count). The Balaban J connectivity index is 1.63. The molecule has 2 fully saturated rings. The number of nitrogens with zero attached hydrogens (tertiary/aromatic N) is 2. The first kappa shape index (κ1) is 17.1. The molecular formula is C14H30N4O2S. The van der Waals surface area contributed by atoms with Gasteiger partial charge < -0.3 is 5.32 Å². The molecule has 0 spiro atoms. The van der Waals surface area contributed by atoms with Crippen molar-refractivity contribution in [2.24, 2.45) is 0 Å². The van der Waals surface area contributed by atoms with E-state index in [9.17, 15) is 8.42 Å². The highest BCUT2D eigenvalue weighted by atomic mass is 32.2. The largest absolute Gasteiger partial charge is 0.314 e. The lowest BCUT2D eigenvalue weighted by Crippen LogP contribution is -2.45. The predicted octanol–water partition coefficient (Wildman–Crippen LogP) is 0.379. The van der Waals surface area contributed by atoms with Gasteiger partial charge >= 0.3 is 0 Å². The Morgan fingerprint density at radius 1 is 1.29 bits per heavy atom. The first-order chi connectivity index (χ1) is 9.99. The third-order valence-corrected chi connectivity index (χ3v) is 5.93. The normalized spacial score (nSPS) is 22.0. The summed E-state index contributed by atoms with van der Waals surface area (Å²) >= 11 is 0. The Morgan fingerprint density at radius 2 is 1.95 bits per heavy atom. The fourth-order valence-corrected chi connectivity index (χ4v) is 3.70. The Hall–Kier alpha value is -0.210. The van der Waals surface area contributed by atoms with Gasteiger partial charge in [0.05, 0.1) is 0 Å². The van der Waals surface area contributed by atoms with Crippen LogP contribution in [-0.2, 0) is 10.2 Å². The number of nitrogens with one attached hydrogen (secondary N) is 2. The number of hydrogen-bond donors (Lipinski definition) is 2. The van der Waals surface area contributed by atoms with Crippen molar-refractivity contribution >= 4 is 10.2 Å². The number of hydrogen-bond acceptors (Lipinski definition) is 4. The number of rotatable bonds is 10. The van der Waals surface area contributed by atoms with Crippen LogP contribution in [0.5, 0.6) is 0 Å². The zero-order valence-electron chi connectivity index (χ0n) is 13.3. The van der Waals surface area contributed by atoms with E-state index in [0.717, 1.165) is 26.1 Å². The maximum Gasteiger partial charge on any atom is 0.279 e. The van der Waals surface area contributed by atoms with Crippen LogP contribution < -0.4 is 10.0 Å². The van der Waals surface area contributed by atoms with Gasteiger partial charge in [-0.25, -0.2) is 4.72 Å². The molecule has 0 amide bonds. The molecule has 1 aliphatic carbocycles. The lowest BCUT2D eigenvalue weighted by molar-refractivity contribution is 0.258. The summed E-state index contributed by atoms with van der Waals surface area (Å²) in [5.74, 6) is 0. The van der Waals surface area contributed by atoms with Crippen LogP contribution in [0.4, 0.5) is 0 Å². The smallest absolute Gasteiger partial charge is 0.279 e. The summed E-state index contributed by atoms with van der Waals surface area (Å²) in [6.45, 7) is 6.22. The SMILES string of the molecule is CC(CNS(=O)(=O)N(C)CCCNC1CC1)N1CCCC1. The van der Waals surface area contributed by atoms with Gasteiger partial charge in [0.15, 0.2) is 0 Å². The third kappa shape index (κ3) is 5.83. The summed E-state index contributed by atoms with van der Waals surface area (Å²) in [6.07, 6.45) is 5.85. The molecule has 124 valence electrons. The van der Waals surface area contributed by atoms with E-state index in [-0.39, 0.29) is 6.04 Å². The van der Waals surface area contributed by atoms with Crippen LogP contribution in [-0.4, -0.2) is 69.5 Å². The average molecular weight is 318 g/mol. The molecule has 1 atom stereocenters. The van der Waals surface area contributed by atoms with Crippen molar-refractivity contribution in [2.75, 3.05) is 39.8 Å². The molecule has 1 aliphatic heterocycles. The minimum Gasteiger partial charge on any atom is -0.314 e. The fourth-order valence-electron chi connectivity index (χ4n) is 2.66. The van der Waals surface area contributed by atoms with Gasteiger partial charge in [-0.1, -0.05) is 0 Å². The van der Waals surface area contributed by atoms with E-state index < -0.39 is 10.2 Å². The molecule has 2 aliphatic rings. The van der Waals surface area contributed by atoms with E-state index in [1.54, 1.807) is 7.05 Å². The highest BCUT2D eigenvalue weighted by molar-refractivity contribution is 7.87. The first-order valence-electron chi connectivity index (χ1n) is 8.17. The van der Waals surface area contributed by atoms with E-state index >= 15 is 0 Å². The minimum absolute atomic E-state index is 0.271. The molecule has 1 heterocycles. The summed E-state index contributed by atoms with van der Waals surface area (Å²) in [5, 5.41) is 3.40. The summed E-state index contributed by atoms with van der Waals surface area (Å²) in [7, 11) is -1.69. The Kier molecular flexibility index (Phi) is 6.43. The summed E-state index contributed by atoms with van der Waals surface area (Å²) in [5.41, 5.74) is 0. The lowest BCUT2D eigenvalue weighted by atomic mass is 10.3. The van der Waals surface area contributed by atoms with Gasteiger partial charge in [0.1, 0.15) is 0 Å². The molecule has 0 bridgehead atoms. The molecule has 0 aromatic heterocycles. The lowest BCUT2D eigenvalue weighted by Gasteiger charge is -2.25. The van der Waals surface area contributed by atoms with E-state index in [4.69, 9.17) is 0 Å². The van der Waals surface area contributed by atoms with E-state index in [2.05, 4.69) is 21.9 Å². The quantitative estimate of drug-likeness (QED) is 0.572. The zero-order chi connectivity index (χ0) is 15.3. The molecule has 21 heavy (non-hydrogen) atoms. The molecule has 0 aromatic rings. The third-order valence-electron chi connectivity index (χ3n) is 4.40. The van der Waals surface area contributed by atoms with E-state index in [0.29, 0.717) is 19.1 Å². The van der Waals surface area contributed by atoms with Crippen molar-refractivity contribution < 1.29 is 8.42 Å². The van der Waals surface area contributed by atoms with E-state index in [1.165, 1.54) is 30.0 Å². The molecule has 1 unspecified atom stereocenters. The van der Waals surface area contributed by atoms with Crippen LogP contribution in [0.1, 0.15) is 39.0 Å². The minimum atomic E-state index is -3.34.